The maximum atomic E-state index is 6.33. The Morgan fingerprint density at radius 1 is 0.750 bits per heavy atom. The molecule has 2 unspecified atom stereocenters. The zero-order valence-electron chi connectivity index (χ0n) is 14.0. The third kappa shape index (κ3) is 3.42. The summed E-state index contributed by atoms with van der Waals surface area (Å²) in [6.45, 7) is 13.9. The van der Waals surface area contributed by atoms with Crippen LogP contribution >= 0.6 is 0 Å². The zero-order valence-corrected chi connectivity index (χ0v) is 16.0. The second-order valence-electron chi connectivity index (χ2n) is 7.05. The van der Waals surface area contributed by atoms with Crippen LogP contribution in [0.5, 0.6) is 0 Å². The maximum Gasteiger partial charge on any atom is 0.0980 e. The van der Waals surface area contributed by atoms with Crippen LogP contribution in [0, 0.1) is 0 Å². The molecule has 0 amide bonds. The van der Waals surface area contributed by atoms with E-state index in [-0.39, 0.29) is 0 Å². The smallest absolute Gasteiger partial charge is 0.0980 e. The summed E-state index contributed by atoms with van der Waals surface area (Å²) >= 11 is 0. The molecule has 0 spiro atoms. The number of rotatable bonds is 6. The van der Waals surface area contributed by atoms with Crippen molar-refractivity contribution in [2.45, 2.75) is 64.2 Å². The van der Waals surface area contributed by atoms with Crippen LogP contribution < -0.4 is 21.8 Å². The first kappa shape index (κ1) is 17.6. The van der Waals surface area contributed by atoms with Crippen molar-refractivity contribution in [1.82, 2.24) is 0 Å². The second kappa shape index (κ2) is 6.56. The van der Waals surface area contributed by atoms with Gasteiger partial charge in [0.25, 0.3) is 0 Å². The normalized spacial score (nSPS) is 16.0. The third-order valence-corrected chi connectivity index (χ3v) is 13.3. The second-order valence-corrected chi connectivity index (χ2v) is 16.6. The van der Waals surface area contributed by atoms with Crippen LogP contribution in [0.1, 0.15) is 26.7 Å². The van der Waals surface area contributed by atoms with E-state index in [1.807, 2.05) is 0 Å². The van der Waals surface area contributed by atoms with Gasteiger partial charge in [0.05, 0.1) is 16.1 Å². The first-order valence-corrected chi connectivity index (χ1v) is 14.0. The van der Waals surface area contributed by atoms with Crippen LogP contribution in [0.3, 0.4) is 0 Å². The molecule has 1 aromatic rings. The molecule has 1 rings (SSSR count). The SMILES string of the molecule is CCC(N)[Si](C)(C)c1ccc([Si](C)(C)C(N)CC)cc1. The molecular weight excluding hydrogens is 276 g/mol. The van der Waals surface area contributed by atoms with Gasteiger partial charge in [-0.05, 0) is 12.8 Å². The number of benzene rings is 1. The minimum atomic E-state index is -1.54. The highest BCUT2D eigenvalue weighted by atomic mass is 28.3. The summed E-state index contributed by atoms with van der Waals surface area (Å²) in [5.41, 5.74) is 13.3. The van der Waals surface area contributed by atoms with Gasteiger partial charge < -0.3 is 11.5 Å². The molecule has 1 aromatic carbocycles. The van der Waals surface area contributed by atoms with Crippen molar-refractivity contribution in [3.05, 3.63) is 24.3 Å². The topological polar surface area (TPSA) is 52.0 Å². The molecule has 0 radical (unpaired) electrons. The summed E-state index contributed by atoms with van der Waals surface area (Å²) in [5, 5.41) is 2.93. The molecule has 0 bridgehead atoms. The van der Waals surface area contributed by atoms with E-state index in [0.29, 0.717) is 11.3 Å². The van der Waals surface area contributed by atoms with Crippen LogP contribution in [0.25, 0.3) is 0 Å². The van der Waals surface area contributed by atoms with E-state index in [2.05, 4.69) is 64.3 Å². The molecule has 2 nitrogen and oxygen atoms in total. The van der Waals surface area contributed by atoms with Gasteiger partial charge in [-0.2, -0.15) is 0 Å². The fourth-order valence-electron chi connectivity index (χ4n) is 2.78. The molecule has 0 fully saturated rings. The summed E-state index contributed by atoms with van der Waals surface area (Å²) < 4.78 is 0. The Labute approximate surface area is 127 Å². The van der Waals surface area contributed by atoms with Crippen LogP contribution in [0.2, 0.25) is 26.2 Å². The van der Waals surface area contributed by atoms with Gasteiger partial charge in [-0.3, -0.25) is 0 Å². The lowest BCUT2D eigenvalue weighted by atomic mass is 10.4. The quantitative estimate of drug-likeness (QED) is 0.791. The summed E-state index contributed by atoms with van der Waals surface area (Å²) in [7, 11) is -3.08. The Balaban J connectivity index is 3.06. The minimum absolute atomic E-state index is 0.330. The largest absolute Gasteiger partial charge is 0.330 e. The molecule has 0 aromatic heterocycles. The van der Waals surface area contributed by atoms with Crippen LogP contribution in [0.15, 0.2) is 24.3 Å². The predicted octanol–water partition coefficient (Wildman–Crippen LogP) is 2.07. The van der Waals surface area contributed by atoms with Gasteiger partial charge in [0.1, 0.15) is 0 Å². The van der Waals surface area contributed by atoms with E-state index in [0.717, 1.165) is 12.8 Å². The van der Waals surface area contributed by atoms with Crippen LogP contribution in [-0.4, -0.2) is 27.5 Å². The van der Waals surface area contributed by atoms with E-state index >= 15 is 0 Å². The molecule has 0 saturated carbocycles. The van der Waals surface area contributed by atoms with Crippen LogP contribution in [-0.2, 0) is 0 Å². The summed E-state index contributed by atoms with van der Waals surface area (Å²) in [5.74, 6) is 0. The van der Waals surface area contributed by atoms with Gasteiger partial charge in [0.2, 0.25) is 0 Å². The highest BCUT2D eigenvalue weighted by molar-refractivity contribution is 6.92. The van der Waals surface area contributed by atoms with E-state index in [1.54, 1.807) is 0 Å². The molecule has 2 atom stereocenters. The van der Waals surface area contributed by atoms with Crippen molar-refractivity contribution in [2.24, 2.45) is 11.5 Å². The Bertz CT molecular complexity index is 386. The highest BCUT2D eigenvalue weighted by Crippen LogP contribution is 2.13. The van der Waals surface area contributed by atoms with E-state index in [9.17, 15) is 0 Å². The molecule has 0 aliphatic carbocycles. The van der Waals surface area contributed by atoms with Crippen molar-refractivity contribution >= 4 is 26.5 Å². The Kier molecular flexibility index (Phi) is 5.78. The van der Waals surface area contributed by atoms with E-state index in [1.165, 1.54) is 10.4 Å². The van der Waals surface area contributed by atoms with E-state index < -0.39 is 16.1 Å². The molecule has 0 aliphatic rings. The molecule has 0 aliphatic heterocycles. The Morgan fingerprint density at radius 2 is 1.00 bits per heavy atom. The number of nitrogens with two attached hydrogens (primary N) is 2. The molecule has 0 saturated heterocycles. The lowest BCUT2D eigenvalue weighted by Crippen LogP contribution is -2.59. The monoisotopic (exact) mass is 308 g/mol. The molecule has 4 N–H and O–H groups in total. The summed E-state index contributed by atoms with van der Waals surface area (Å²) in [6, 6.07) is 9.25. The molecular formula is C16H32N2Si2. The van der Waals surface area contributed by atoms with Gasteiger partial charge in [0, 0.05) is 11.3 Å². The van der Waals surface area contributed by atoms with Crippen molar-refractivity contribution in [1.29, 1.82) is 0 Å². The van der Waals surface area contributed by atoms with Gasteiger partial charge in [-0.25, -0.2) is 0 Å². The van der Waals surface area contributed by atoms with Gasteiger partial charge >= 0.3 is 0 Å². The van der Waals surface area contributed by atoms with Crippen molar-refractivity contribution in [3.63, 3.8) is 0 Å². The fraction of sp³-hybridized carbons (Fsp3) is 0.625. The molecule has 0 heterocycles. The number of hydrogen-bond donors (Lipinski definition) is 2. The maximum absolute atomic E-state index is 6.33. The highest BCUT2D eigenvalue weighted by Gasteiger charge is 2.32. The Morgan fingerprint density at radius 3 is 1.20 bits per heavy atom. The van der Waals surface area contributed by atoms with E-state index in [4.69, 9.17) is 11.5 Å². The molecule has 20 heavy (non-hydrogen) atoms. The van der Waals surface area contributed by atoms with Crippen LogP contribution in [0.4, 0.5) is 0 Å². The minimum Gasteiger partial charge on any atom is -0.330 e. The van der Waals surface area contributed by atoms with Gasteiger partial charge in [-0.15, -0.1) is 0 Å². The molecule has 4 heteroatoms. The zero-order chi connectivity index (χ0) is 15.6. The van der Waals surface area contributed by atoms with Crippen molar-refractivity contribution in [2.75, 3.05) is 0 Å². The van der Waals surface area contributed by atoms with Crippen molar-refractivity contribution in [3.8, 4) is 0 Å². The lowest BCUT2D eigenvalue weighted by molar-refractivity contribution is 0.824. The third-order valence-electron chi connectivity index (χ3n) is 5.11. The first-order valence-electron chi connectivity index (χ1n) is 7.80. The average molecular weight is 309 g/mol. The first-order chi connectivity index (χ1) is 9.17. The van der Waals surface area contributed by atoms with Gasteiger partial charge in [0.15, 0.2) is 0 Å². The number of hydrogen-bond acceptors (Lipinski definition) is 2. The molecule has 114 valence electrons. The Hall–Kier alpha value is -0.426. The fourth-order valence-corrected chi connectivity index (χ4v) is 7.73. The van der Waals surface area contributed by atoms with Crippen molar-refractivity contribution < 1.29 is 0 Å². The lowest BCUT2D eigenvalue weighted by Gasteiger charge is -2.32. The average Bonchev–Trinajstić information content (AvgIpc) is 2.45. The van der Waals surface area contributed by atoms with Gasteiger partial charge in [-0.1, -0.05) is 74.7 Å². The standard InChI is InChI=1S/C16H32N2Si2/c1-7-15(17)19(3,4)13-9-11-14(12-10-13)20(5,6)16(18)8-2/h9-12,15-16H,7-8,17-18H2,1-6H3. The summed E-state index contributed by atoms with van der Waals surface area (Å²) in [6.07, 6.45) is 2.11. The predicted molar refractivity (Wildman–Crippen MR) is 97.2 cm³/mol. The summed E-state index contributed by atoms with van der Waals surface area (Å²) in [4.78, 5) is 0.